The molecule has 1 amide bonds. The summed E-state index contributed by atoms with van der Waals surface area (Å²) in [6, 6.07) is 17.3. The van der Waals surface area contributed by atoms with E-state index < -0.39 is 0 Å². The van der Waals surface area contributed by atoms with Gasteiger partial charge in [0.25, 0.3) is 0 Å². The van der Waals surface area contributed by atoms with E-state index in [0.29, 0.717) is 37.6 Å². The highest BCUT2D eigenvalue weighted by Gasteiger charge is 2.26. The van der Waals surface area contributed by atoms with E-state index >= 15 is 0 Å². The van der Waals surface area contributed by atoms with Crippen LogP contribution < -0.4 is 5.32 Å². The molecule has 0 unspecified atom stereocenters. The smallest absolute Gasteiger partial charge is 0.223 e. The van der Waals surface area contributed by atoms with Gasteiger partial charge in [0.15, 0.2) is 0 Å². The minimum atomic E-state index is -0.256. The molecule has 1 atom stereocenters. The molecule has 7 heteroatoms. The van der Waals surface area contributed by atoms with Crippen molar-refractivity contribution >= 4 is 29.0 Å². The van der Waals surface area contributed by atoms with Gasteiger partial charge in [-0.05, 0) is 55.3 Å². The van der Waals surface area contributed by atoms with Crippen molar-refractivity contribution in [2.24, 2.45) is 0 Å². The Labute approximate surface area is 187 Å². The maximum Gasteiger partial charge on any atom is 0.223 e. The number of aryl methyl sites for hydroxylation is 2. The van der Waals surface area contributed by atoms with Crippen LogP contribution in [0.3, 0.4) is 0 Å². The van der Waals surface area contributed by atoms with Crippen LogP contribution in [0, 0.1) is 6.92 Å². The van der Waals surface area contributed by atoms with E-state index in [1.54, 1.807) is 6.20 Å². The molecule has 1 aliphatic heterocycles. The van der Waals surface area contributed by atoms with Gasteiger partial charge >= 0.3 is 0 Å². The van der Waals surface area contributed by atoms with Crippen LogP contribution >= 0.6 is 11.6 Å². The first-order valence-corrected chi connectivity index (χ1v) is 10.7. The molecule has 1 aromatic carbocycles. The van der Waals surface area contributed by atoms with Gasteiger partial charge in [0.05, 0.1) is 18.8 Å². The minimum Gasteiger partial charge on any atom is -0.368 e. The van der Waals surface area contributed by atoms with Crippen molar-refractivity contribution in [2.45, 2.75) is 25.9 Å². The molecule has 2 aromatic heterocycles. The van der Waals surface area contributed by atoms with E-state index in [0.717, 1.165) is 28.5 Å². The van der Waals surface area contributed by atoms with Gasteiger partial charge in [-0.2, -0.15) is 0 Å². The van der Waals surface area contributed by atoms with Crippen molar-refractivity contribution in [3.8, 4) is 0 Å². The molecule has 4 rings (SSSR count). The average molecular weight is 437 g/mol. The summed E-state index contributed by atoms with van der Waals surface area (Å²) in [7, 11) is 0. The lowest BCUT2D eigenvalue weighted by Gasteiger charge is -2.33. The second kappa shape index (κ2) is 9.90. The number of benzene rings is 1. The maximum absolute atomic E-state index is 12.8. The number of nitrogens with zero attached hydrogens (tertiary/aromatic N) is 3. The van der Waals surface area contributed by atoms with Crippen LogP contribution in [0.25, 0.3) is 0 Å². The van der Waals surface area contributed by atoms with Crippen molar-refractivity contribution in [1.29, 1.82) is 0 Å². The van der Waals surface area contributed by atoms with Gasteiger partial charge in [-0.1, -0.05) is 29.8 Å². The van der Waals surface area contributed by atoms with Crippen molar-refractivity contribution in [3.63, 3.8) is 0 Å². The van der Waals surface area contributed by atoms with Gasteiger partial charge in [-0.25, -0.2) is 4.98 Å². The third-order valence-corrected chi connectivity index (χ3v) is 5.41. The van der Waals surface area contributed by atoms with E-state index in [2.05, 4.69) is 15.3 Å². The number of hydrogen-bond acceptors (Lipinski definition) is 5. The molecule has 0 radical (unpaired) electrons. The van der Waals surface area contributed by atoms with Gasteiger partial charge in [-0.15, -0.1) is 0 Å². The molecule has 0 bridgehead atoms. The second-order valence-electron chi connectivity index (χ2n) is 7.59. The molecule has 1 N–H and O–H groups in total. The Morgan fingerprint density at radius 2 is 2.13 bits per heavy atom. The third-order valence-electron chi connectivity index (χ3n) is 5.18. The van der Waals surface area contributed by atoms with Crippen molar-refractivity contribution in [3.05, 3.63) is 82.8 Å². The highest BCUT2D eigenvalue weighted by molar-refractivity contribution is 6.30. The summed E-state index contributed by atoms with van der Waals surface area (Å²) in [5, 5.41) is 3.99. The number of halogens is 1. The largest absolute Gasteiger partial charge is 0.368 e. The number of morpholine rings is 1. The second-order valence-corrected chi connectivity index (χ2v) is 8.03. The number of amides is 1. The molecular formula is C24H25ClN4O2. The molecule has 0 aliphatic carbocycles. The van der Waals surface area contributed by atoms with Gasteiger partial charge in [0.1, 0.15) is 11.9 Å². The standard InChI is InChI=1S/C24H25ClN4O2/c1-17-13-20(28-23-7-2-3-10-26-23)15-21(27-17)22-16-29(11-12-31-22)24(30)9-8-18-5-4-6-19(25)14-18/h2-7,10,13-15,22H,8-9,11-12,16H2,1H3,(H,26,27,28)/t22-/m0/s1. The first-order valence-electron chi connectivity index (χ1n) is 10.4. The Hall–Kier alpha value is -2.96. The summed E-state index contributed by atoms with van der Waals surface area (Å²) in [6.07, 6.45) is 2.60. The number of carbonyl (C=O) groups excluding carboxylic acids is 1. The summed E-state index contributed by atoms with van der Waals surface area (Å²) < 4.78 is 5.97. The van der Waals surface area contributed by atoms with Gasteiger partial charge in [0, 0.05) is 35.6 Å². The zero-order chi connectivity index (χ0) is 21.6. The highest BCUT2D eigenvalue weighted by atomic mass is 35.5. The van der Waals surface area contributed by atoms with Crippen LogP contribution in [0.1, 0.15) is 29.5 Å². The first-order chi connectivity index (χ1) is 15.1. The van der Waals surface area contributed by atoms with E-state index in [9.17, 15) is 4.79 Å². The molecular weight excluding hydrogens is 412 g/mol. The summed E-state index contributed by atoms with van der Waals surface area (Å²) >= 11 is 6.04. The molecule has 6 nitrogen and oxygen atoms in total. The van der Waals surface area contributed by atoms with Crippen molar-refractivity contribution in [1.82, 2.24) is 14.9 Å². The highest BCUT2D eigenvalue weighted by Crippen LogP contribution is 2.25. The van der Waals surface area contributed by atoms with E-state index in [-0.39, 0.29) is 12.0 Å². The van der Waals surface area contributed by atoms with Crippen LogP contribution in [0.4, 0.5) is 11.5 Å². The molecule has 1 saturated heterocycles. The fourth-order valence-corrected chi connectivity index (χ4v) is 3.89. The monoisotopic (exact) mass is 436 g/mol. The topological polar surface area (TPSA) is 67.4 Å². The van der Waals surface area contributed by atoms with Crippen LogP contribution in [-0.4, -0.2) is 40.5 Å². The number of ether oxygens (including phenoxy) is 1. The lowest BCUT2D eigenvalue weighted by atomic mass is 10.1. The Kier molecular flexibility index (Phi) is 6.79. The molecule has 31 heavy (non-hydrogen) atoms. The van der Waals surface area contributed by atoms with Crippen LogP contribution in [0.15, 0.2) is 60.8 Å². The maximum atomic E-state index is 12.8. The summed E-state index contributed by atoms with van der Waals surface area (Å²) in [4.78, 5) is 23.6. The zero-order valence-electron chi connectivity index (χ0n) is 17.4. The molecule has 3 aromatic rings. The van der Waals surface area contributed by atoms with Gasteiger partial charge in [-0.3, -0.25) is 9.78 Å². The van der Waals surface area contributed by atoms with Gasteiger partial charge in [0.2, 0.25) is 5.91 Å². The fourth-order valence-electron chi connectivity index (χ4n) is 3.67. The number of rotatable bonds is 6. The Balaban J connectivity index is 1.41. The molecule has 3 heterocycles. The molecule has 160 valence electrons. The predicted octanol–water partition coefficient (Wildman–Crippen LogP) is 4.71. The minimum absolute atomic E-state index is 0.118. The SMILES string of the molecule is Cc1cc(Nc2ccccn2)cc([C@@H]2CN(C(=O)CCc3cccc(Cl)c3)CCO2)n1. The zero-order valence-corrected chi connectivity index (χ0v) is 18.2. The molecule has 0 saturated carbocycles. The van der Waals surface area contributed by atoms with Crippen LogP contribution in [-0.2, 0) is 16.0 Å². The lowest BCUT2D eigenvalue weighted by Crippen LogP contribution is -2.42. The molecule has 0 spiro atoms. The lowest BCUT2D eigenvalue weighted by molar-refractivity contribution is -0.139. The van der Waals surface area contributed by atoms with E-state index in [1.165, 1.54) is 0 Å². The number of aromatic nitrogens is 2. The molecule has 1 fully saturated rings. The van der Waals surface area contributed by atoms with Crippen molar-refractivity contribution in [2.75, 3.05) is 25.0 Å². The predicted molar refractivity (Wildman–Crippen MR) is 122 cm³/mol. The first kappa shape index (κ1) is 21.3. The van der Waals surface area contributed by atoms with Crippen molar-refractivity contribution < 1.29 is 9.53 Å². The fraction of sp³-hybridized carbons (Fsp3) is 0.292. The van der Waals surface area contributed by atoms with Crippen LogP contribution in [0.5, 0.6) is 0 Å². The average Bonchev–Trinajstić information content (AvgIpc) is 2.78. The van der Waals surface area contributed by atoms with Crippen LogP contribution in [0.2, 0.25) is 5.02 Å². The Morgan fingerprint density at radius 1 is 1.23 bits per heavy atom. The van der Waals surface area contributed by atoms with Gasteiger partial charge < -0.3 is 15.0 Å². The summed E-state index contributed by atoms with van der Waals surface area (Å²) in [5.41, 5.74) is 3.65. The summed E-state index contributed by atoms with van der Waals surface area (Å²) in [6.45, 7) is 3.53. The number of hydrogen-bond donors (Lipinski definition) is 1. The number of pyridine rings is 2. The Morgan fingerprint density at radius 3 is 2.94 bits per heavy atom. The summed E-state index contributed by atoms with van der Waals surface area (Å²) in [5.74, 6) is 0.884. The van der Waals surface area contributed by atoms with E-state index in [1.807, 2.05) is 66.4 Å². The molecule has 1 aliphatic rings. The quantitative estimate of drug-likeness (QED) is 0.605. The Bertz CT molecular complexity index is 1040. The van der Waals surface area contributed by atoms with E-state index in [4.69, 9.17) is 16.3 Å². The number of anilines is 2. The number of nitrogens with one attached hydrogen (secondary N) is 1. The third kappa shape index (κ3) is 5.81. The number of carbonyl (C=O) groups is 1. The normalized spacial score (nSPS) is 16.2.